The molecular weight excluding hydrogens is 286 g/mol. The lowest BCUT2D eigenvalue weighted by Crippen LogP contribution is -2.26. The van der Waals surface area contributed by atoms with E-state index < -0.39 is 0 Å². The molecule has 4 heteroatoms. The molecule has 0 radical (unpaired) electrons. The molecule has 3 rings (SSSR count). The number of methoxy groups -OCH3 is 1. The molecule has 1 saturated heterocycles. The normalized spacial score (nSPS) is 20.7. The summed E-state index contributed by atoms with van der Waals surface area (Å²) in [6.45, 7) is 2.15. The van der Waals surface area contributed by atoms with Crippen molar-refractivity contribution in [2.75, 3.05) is 20.2 Å². The zero-order valence-corrected chi connectivity index (χ0v) is 13.4. The van der Waals surface area contributed by atoms with Crippen molar-refractivity contribution in [1.82, 2.24) is 5.32 Å². The van der Waals surface area contributed by atoms with E-state index in [9.17, 15) is 0 Å². The maximum atomic E-state index is 6.49. The van der Waals surface area contributed by atoms with Crippen LogP contribution in [0.5, 0.6) is 11.5 Å². The van der Waals surface area contributed by atoms with Crippen LogP contribution in [0.4, 0.5) is 0 Å². The molecule has 3 nitrogen and oxygen atoms in total. The van der Waals surface area contributed by atoms with Crippen LogP contribution in [-0.4, -0.2) is 26.3 Å². The van der Waals surface area contributed by atoms with Crippen LogP contribution < -0.4 is 14.8 Å². The van der Waals surface area contributed by atoms with Crippen molar-refractivity contribution in [2.24, 2.45) is 0 Å². The Morgan fingerprint density at radius 1 is 1.10 bits per heavy atom. The minimum Gasteiger partial charge on any atom is -0.493 e. The van der Waals surface area contributed by atoms with E-state index >= 15 is 0 Å². The Morgan fingerprint density at radius 2 is 1.81 bits per heavy atom. The molecule has 1 saturated carbocycles. The highest BCUT2D eigenvalue weighted by Gasteiger charge is 2.23. The largest absolute Gasteiger partial charge is 0.493 e. The molecule has 21 heavy (non-hydrogen) atoms. The van der Waals surface area contributed by atoms with Crippen molar-refractivity contribution in [1.29, 1.82) is 0 Å². The summed E-state index contributed by atoms with van der Waals surface area (Å²) >= 11 is 6.49. The molecule has 0 aromatic heterocycles. The van der Waals surface area contributed by atoms with Gasteiger partial charge in [0.05, 0.1) is 18.2 Å². The van der Waals surface area contributed by atoms with E-state index in [0.29, 0.717) is 17.0 Å². The first kappa shape index (κ1) is 15.0. The summed E-state index contributed by atoms with van der Waals surface area (Å²) in [6, 6.07) is 4.19. The summed E-state index contributed by atoms with van der Waals surface area (Å²) in [5.41, 5.74) is 1.28. The third-order valence-electron chi connectivity index (χ3n) is 4.65. The second-order valence-electron chi connectivity index (χ2n) is 6.08. The average Bonchev–Trinajstić information content (AvgIpc) is 3.03. The zero-order chi connectivity index (χ0) is 14.7. The molecule has 0 atom stereocenters. The number of rotatable bonds is 4. The van der Waals surface area contributed by atoms with Crippen LogP contribution in [-0.2, 0) is 0 Å². The molecule has 1 aliphatic carbocycles. The van der Waals surface area contributed by atoms with Gasteiger partial charge in [-0.15, -0.1) is 0 Å². The number of benzene rings is 1. The molecule has 1 heterocycles. The molecule has 1 aliphatic heterocycles. The van der Waals surface area contributed by atoms with Crippen molar-refractivity contribution < 1.29 is 9.47 Å². The van der Waals surface area contributed by atoms with Crippen LogP contribution in [0, 0.1) is 0 Å². The van der Waals surface area contributed by atoms with Gasteiger partial charge in [0.1, 0.15) is 0 Å². The Hall–Kier alpha value is -0.930. The molecule has 1 N–H and O–H groups in total. The number of hydrogen-bond acceptors (Lipinski definition) is 3. The van der Waals surface area contributed by atoms with Gasteiger partial charge in [0.15, 0.2) is 11.5 Å². The van der Waals surface area contributed by atoms with E-state index in [4.69, 9.17) is 21.1 Å². The summed E-state index contributed by atoms with van der Waals surface area (Å²) in [4.78, 5) is 0. The van der Waals surface area contributed by atoms with Crippen molar-refractivity contribution in [2.45, 2.75) is 50.5 Å². The molecule has 0 spiro atoms. The first-order valence-electron chi connectivity index (χ1n) is 8.02. The molecule has 0 unspecified atom stereocenters. The molecule has 116 valence electrons. The van der Waals surface area contributed by atoms with Gasteiger partial charge >= 0.3 is 0 Å². The number of nitrogens with one attached hydrogen (secondary N) is 1. The standard InChI is InChI=1S/C17H24ClNO2/c1-20-16-11-13(12-6-8-19-9-7-12)10-15(18)17(16)21-14-4-2-3-5-14/h10-12,14,19H,2-9H2,1H3. The highest BCUT2D eigenvalue weighted by atomic mass is 35.5. The van der Waals surface area contributed by atoms with Crippen LogP contribution in [0.2, 0.25) is 5.02 Å². The molecule has 1 aromatic rings. The van der Waals surface area contributed by atoms with Crippen LogP contribution >= 0.6 is 11.6 Å². The van der Waals surface area contributed by atoms with Crippen molar-refractivity contribution in [3.8, 4) is 11.5 Å². The number of halogens is 1. The fraction of sp³-hybridized carbons (Fsp3) is 0.647. The summed E-state index contributed by atoms with van der Waals surface area (Å²) in [5.74, 6) is 2.07. The summed E-state index contributed by atoms with van der Waals surface area (Å²) in [6.07, 6.45) is 7.34. The molecule has 0 bridgehead atoms. The minimum atomic E-state index is 0.293. The van der Waals surface area contributed by atoms with Gasteiger partial charge in [-0.3, -0.25) is 0 Å². The Labute approximate surface area is 132 Å². The SMILES string of the molecule is COc1cc(C2CCNCC2)cc(Cl)c1OC1CCCC1. The number of piperidine rings is 1. The number of hydrogen-bond donors (Lipinski definition) is 1. The summed E-state index contributed by atoms with van der Waals surface area (Å²) in [7, 11) is 1.69. The van der Waals surface area contributed by atoms with E-state index in [1.807, 2.05) is 0 Å². The van der Waals surface area contributed by atoms with E-state index in [0.717, 1.165) is 50.3 Å². The van der Waals surface area contributed by atoms with Crippen molar-refractivity contribution >= 4 is 11.6 Å². The fourth-order valence-corrected chi connectivity index (χ4v) is 3.68. The fourth-order valence-electron chi connectivity index (χ4n) is 3.42. The second-order valence-corrected chi connectivity index (χ2v) is 6.49. The average molecular weight is 310 g/mol. The molecular formula is C17H24ClNO2. The van der Waals surface area contributed by atoms with E-state index in [1.54, 1.807) is 7.11 Å². The van der Waals surface area contributed by atoms with Gasteiger partial charge in [-0.1, -0.05) is 11.6 Å². The van der Waals surface area contributed by atoms with Crippen LogP contribution in [0.25, 0.3) is 0 Å². The third-order valence-corrected chi connectivity index (χ3v) is 4.93. The molecule has 2 aliphatic rings. The van der Waals surface area contributed by atoms with Gasteiger partial charge in [0.2, 0.25) is 0 Å². The third kappa shape index (κ3) is 3.46. The first-order chi connectivity index (χ1) is 10.3. The topological polar surface area (TPSA) is 30.5 Å². The van der Waals surface area contributed by atoms with Crippen LogP contribution in [0.3, 0.4) is 0 Å². The van der Waals surface area contributed by atoms with Gasteiger partial charge < -0.3 is 14.8 Å². The summed E-state index contributed by atoms with van der Waals surface area (Å²) in [5, 5.41) is 4.09. The Bertz CT molecular complexity index is 480. The van der Waals surface area contributed by atoms with Gasteiger partial charge in [-0.25, -0.2) is 0 Å². The Balaban J connectivity index is 1.82. The summed E-state index contributed by atoms with van der Waals surface area (Å²) < 4.78 is 11.6. The van der Waals surface area contributed by atoms with Crippen LogP contribution in [0.15, 0.2) is 12.1 Å². The highest BCUT2D eigenvalue weighted by molar-refractivity contribution is 6.32. The van der Waals surface area contributed by atoms with E-state index in [1.165, 1.54) is 18.4 Å². The van der Waals surface area contributed by atoms with Gasteiger partial charge in [-0.05, 0) is 75.2 Å². The Kier molecular flexibility index (Phi) is 4.91. The molecule has 1 aromatic carbocycles. The van der Waals surface area contributed by atoms with Crippen molar-refractivity contribution in [3.63, 3.8) is 0 Å². The van der Waals surface area contributed by atoms with Gasteiger partial charge in [-0.2, -0.15) is 0 Å². The second kappa shape index (κ2) is 6.89. The minimum absolute atomic E-state index is 0.293. The lowest BCUT2D eigenvalue weighted by Gasteiger charge is -2.25. The zero-order valence-electron chi connectivity index (χ0n) is 12.7. The quantitative estimate of drug-likeness (QED) is 0.907. The predicted octanol–water partition coefficient (Wildman–Crippen LogP) is 4.14. The maximum absolute atomic E-state index is 6.49. The lowest BCUT2D eigenvalue weighted by molar-refractivity contribution is 0.201. The first-order valence-corrected chi connectivity index (χ1v) is 8.40. The maximum Gasteiger partial charge on any atom is 0.180 e. The van der Waals surface area contributed by atoms with Gasteiger partial charge in [0, 0.05) is 0 Å². The molecule has 2 fully saturated rings. The Morgan fingerprint density at radius 3 is 2.48 bits per heavy atom. The lowest BCUT2D eigenvalue weighted by atomic mass is 9.90. The van der Waals surface area contributed by atoms with E-state index in [-0.39, 0.29) is 0 Å². The van der Waals surface area contributed by atoms with Crippen LogP contribution in [0.1, 0.15) is 50.0 Å². The number of ether oxygens (including phenoxy) is 2. The highest BCUT2D eigenvalue weighted by Crippen LogP contribution is 2.41. The molecule has 0 amide bonds. The van der Waals surface area contributed by atoms with E-state index in [2.05, 4.69) is 17.4 Å². The monoisotopic (exact) mass is 309 g/mol. The van der Waals surface area contributed by atoms with Crippen molar-refractivity contribution in [3.05, 3.63) is 22.7 Å². The predicted molar refractivity (Wildman–Crippen MR) is 85.7 cm³/mol. The van der Waals surface area contributed by atoms with Gasteiger partial charge in [0.25, 0.3) is 0 Å². The smallest absolute Gasteiger partial charge is 0.180 e.